The average molecular weight is 183 g/mol. The highest BCUT2D eigenvalue weighted by Crippen LogP contribution is 2.10. The maximum Gasteiger partial charge on any atom is 0.282 e. The Morgan fingerprint density at radius 2 is 2.50 bits per heavy atom. The van der Waals surface area contributed by atoms with Crippen LogP contribution in [-0.2, 0) is 6.54 Å². The minimum atomic E-state index is 0.508. The molecule has 2 rings (SSSR count). The van der Waals surface area contributed by atoms with Crippen molar-refractivity contribution in [1.82, 2.24) is 0 Å². The molecule has 5 heteroatoms. The fraction of sp³-hybridized carbons (Fsp3) is 0.429. The fourth-order valence-electron chi connectivity index (χ4n) is 1.31. The van der Waals surface area contributed by atoms with E-state index < -0.39 is 0 Å². The first-order valence-corrected chi connectivity index (χ1v) is 4.71. The second kappa shape index (κ2) is 2.75. The summed E-state index contributed by atoms with van der Waals surface area (Å²) < 4.78 is 2.53. The van der Waals surface area contributed by atoms with Crippen LogP contribution in [-0.4, -0.2) is 6.54 Å². The highest BCUT2D eigenvalue weighted by molar-refractivity contribution is 7.12. The number of rotatable bonds is 0. The van der Waals surface area contributed by atoms with Gasteiger partial charge in [-0.15, -0.1) is 0 Å². The van der Waals surface area contributed by atoms with Gasteiger partial charge in [-0.25, -0.2) is 4.57 Å². The van der Waals surface area contributed by atoms with Crippen LogP contribution in [0.15, 0.2) is 6.07 Å². The maximum atomic E-state index is 7.46. The second-order valence-electron chi connectivity index (χ2n) is 2.77. The summed E-state index contributed by atoms with van der Waals surface area (Å²) in [4.78, 5) is 0. The molecule has 0 atom stereocenters. The minimum absolute atomic E-state index is 0.508. The lowest BCUT2D eigenvalue weighted by Gasteiger charge is -2.14. The number of hydrogen-bond donors (Lipinski definition) is 3. The van der Waals surface area contributed by atoms with Gasteiger partial charge in [-0.2, -0.15) is 0 Å². The van der Waals surface area contributed by atoms with Gasteiger partial charge in [0.05, 0.1) is 13.1 Å². The molecule has 0 unspecified atom stereocenters. The van der Waals surface area contributed by atoms with E-state index in [1.807, 2.05) is 4.57 Å². The topological polar surface area (TPSA) is 65.8 Å². The van der Waals surface area contributed by atoms with Crippen LogP contribution in [0.3, 0.4) is 0 Å². The zero-order chi connectivity index (χ0) is 8.55. The van der Waals surface area contributed by atoms with Gasteiger partial charge in [-0.05, 0) is 11.3 Å². The van der Waals surface area contributed by atoms with Crippen LogP contribution in [0.25, 0.3) is 0 Å². The van der Waals surface area contributed by atoms with E-state index in [9.17, 15) is 0 Å². The molecule has 0 amide bonds. The van der Waals surface area contributed by atoms with E-state index in [0.717, 1.165) is 24.6 Å². The van der Waals surface area contributed by atoms with E-state index in [2.05, 4.69) is 5.32 Å². The van der Waals surface area contributed by atoms with Gasteiger partial charge in [0.1, 0.15) is 4.67 Å². The van der Waals surface area contributed by atoms with Crippen LogP contribution < -0.4 is 20.3 Å². The Kier molecular flexibility index (Phi) is 1.73. The van der Waals surface area contributed by atoms with Crippen molar-refractivity contribution in [1.29, 1.82) is 5.41 Å². The van der Waals surface area contributed by atoms with Crippen molar-refractivity contribution in [2.45, 2.75) is 13.0 Å². The van der Waals surface area contributed by atoms with Gasteiger partial charge in [0.2, 0.25) is 5.82 Å². The van der Waals surface area contributed by atoms with Gasteiger partial charge in [0.15, 0.2) is 0 Å². The SMILES string of the molecule is N=c1cc(N)[n+]2c(s1)NCCC2. The fourth-order valence-corrected chi connectivity index (χ4v) is 2.18. The van der Waals surface area contributed by atoms with Crippen molar-refractivity contribution in [3.63, 3.8) is 0 Å². The van der Waals surface area contributed by atoms with E-state index >= 15 is 0 Å². The summed E-state index contributed by atoms with van der Waals surface area (Å²) in [6.07, 6.45) is 1.10. The molecule has 1 aliphatic rings. The summed E-state index contributed by atoms with van der Waals surface area (Å²) in [6.45, 7) is 1.95. The molecule has 64 valence electrons. The Morgan fingerprint density at radius 1 is 1.67 bits per heavy atom. The van der Waals surface area contributed by atoms with E-state index in [0.29, 0.717) is 10.5 Å². The largest absolute Gasteiger partial charge is 0.318 e. The van der Waals surface area contributed by atoms with Gasteiger partial charge in [-0.1, -0.05) is 0 Å². The molecule has 0 fully saturated rings. The summed E-state index contributed by atoms with van der Waals surface area (Å²) >= 11 is 1.43. The molecule has 2 heterocycles. The van der Waals surface area contributed by atoms with Crippen LogP contribution in [0.1, 0.15) is 6.42 Å². The molecule has 4 N–H and O–H groups in total. The van der Waals surface area contributed by atoms with E-state index in [4.69, 9.17) is 11.1 Å². The van der Waals surface area contributed by atoms with E-state index in [1.165, 1.54) is 11.3 Å². The lowest BCUT2D eigenvalue weighted by atomic mass is 10.4. The molecular formula is C7H11N4S+. The molecule has 0 saturated heterocycles. The minimum Gasteiger partial charge on any atom is -0.318 e. The van der Waals surface area contributed by atoms with Gasteiger partial charge >= 0.3 is 0 Å². The van der Waals surface area contributed by atoms with Crippen molar-refractivity contribution >= 4 is 22.3 Å². The summed E-state index contributed by atoms with van der Waals surface area (Å²) in [6, 6.07) is 1.70. The Bertz CT molecular complexity index is 357. The normalized spacial score (nSPS) is 15.0. The number of anilines is 2. The Labute approximate surface area is 74.2 Å². The second-order valence-corrected chi connectivity index (χ2v) is 3.80. The van der Waals surface area contributed by atoms with Crippen LogP contribution in [0.2, 0.25) is 0 Å². The van der Waals surface area contributed by atoms with Gasteiger partial charge < -0.3 is 5.73 Å². The zero-order valence-corrected chi connectivity index (χ0v) is 7.45. The van der Waals surface area contributed by atoms with Crippen LogP contribution in [0, 0.1) is 5.41 Å². The van der Waals surface area contributed by atoms with E-state index in [1.54, 1.807) is 6.07 Å². The Balaban J connectivity index is 2.60. The lowest BCUT2D eigenvalue weighted by Crippen LogP contribution is -2.44. The molecule has 0 spiro atoms. The Morgan fingerprint density at radius 3 is 3.33 bits per heavy atom. The predicted molar refractivity (Wildman–Crippen MR) is 47.9 cm³/mol. The molecule has 12 heavy (non-hydrogen) atoms. The molecular weight excluding hydrogens is 172 g/mol. The van der Waals surface area contributed by atoms with Gasteiger partial charge in [0, 0.05) is 12.5 Å². The van der Waals surface area contributed by atoms with Crippen LogP contribution >= 0.6 is 11.3 Å². The van der Waals surface area contributed by atoms with Gasteiger partial charge in [-0.3, -0.25) is 10.7 Å². The molecule has 4 nitrogen and oxygen atoms in total. The maximum absolute atomic E-state index is 7.46. The number of nitrogens with one attached hydrogen (secondary N) is 2. The first-order valence-electron chi connectivity index (χ1n) is 3.89. The number of hydrogen-bond acceptors (Lipinski definition) is 4. The molecule has 0 radical (unpaired) electrons. The molecule has 0 bridgehead atoms. The third-order valence-electron chi connectivity index (χ3n) is 1.88. The Hall–Kier alpha value is -1.10. The predicted octanol–water partition coefficient (Wildman–Crippen LogP) is -0.0871. The summed E-state index contributed by atoms with van der Waals surface area (Å²) in [7, 11) is 0. The highest BCUT2D eigenvalue weighted by atomic mass is 32.1. The lowest BCUT2D eigenvalue weighted by molar-refractivity contribution is -0.669. The molecule has 0 aliphatic carbocycles. The highest BCUT2D eigenvalue weighted by Gasteiger charge is 2.15. The van der Waals surface area contributed by atoms with Gasteiger partial charge in [0.25, 0.3) is 5.13 Å². The smallest absolute Gasteiger partial charge is 0.282 e. The van der Waals surface area contributed by atoms with Crippen LogP contribution in [0.5, 0.6) is 0 Å². The van der Waals surface area contributed by atoms with Crippen molar-refractivity contribution in [3.8, 4) is 0 Å². The van der Waals surface area contributed by atoms with Crippen molar-refractivity contribution in [2.75, 3.05) is 17.6 Å². The number of nitrogen functional groups attached to an aromatic ring is 1. The number of aromatic nitrogens is 1. The van der Waals surface area contributed by atoms with Crippen molar-refractivity contribution < 1.29 is 4.57 Å². The average Bonchev–Trinajstić information content (AvgIpc) is 2.04. The van der Waals surface area contributed by atoms with Crippen molar-refractivity contribution in [2.24, 2.45) is 0 Å². The zero-order valence-electron chi connectivity index (χ0n) is 6.63. The molecule has 1 aromatic rings. The monoisotopic (exact) mass is 183 g/mol. The number of nitrogens with two attached hydrogens (primary N) is 1. The molecule has 0 aromatic carbocycles. The first-order chi connectivity index (χ1) is 5.77. The quantitative estimate of drug-likeness (QED) is 0.492. The molecule has 1 aliphatic heterocycles. The summed E-state index contributed by atoms with van der Waals surface area (Å²) in [5.74, 6) is 0.681. The molecule has 1 aromatic heterocycles. The third-order valence-corrected chi connectivity index (χ3v) is 2.77. The first kappa shape index (κ1) is 7.54. The molecule has 0 saturated carbocycles. The standard InChI is InChI=1S/C7H10N4S/c8-5-4-6(9)12-7-10-2-1-3-11(5)7/h4H,1-3H2,(H3,8,9)/p+1. The van der Waals surface area contributed by atoms with Crippen LogP contribution in [0.4, 0.5) is 10.9 Å². The van der Waals surface area contributed by atoms with Crippen molar-refractivity contribution in [3.05, 3.63) is 10.7 Å². The summed E-state index contributed by atoms with van der Waals surface area (Å²) in [5.41, 5.74) is 5.75. The number of nitrogens with zero attached hydrogens (tertiary/aromatic N) is 1. The number of fused-ring (bicyclic) bond motifs is 1. The third kappa shape index (κ3) is 1.16. The van der Waals surface area contributed by atoms with E-state index in [-0.39, 0.29) is 0 Å². The summed E-state index contributed by atoms with van der Waals surface area (Å²) in [5, 5.41) is 11.7.